The number of aliphatic carboxylic acids is 1. The SMILES string of the molecule is CCNC1CCN(c2cc3c(cc2F)C(=O)C(C(=O)O)C(c2cc(F)ccc2F)=N3)CC1. The maximum atomic E-state index is 14.9. The van der Waals surface area contributed by atoms with Crippen LogP contribution < -0.4 is 10.2 Å². The number of hydrogen-bond donors (Lipinski definition) is 2. The Hall–Kier alpha value is -3.20. The first-order valence-corrected chi connectivity index (χ1v) is 10.4. The molecule has 2 aromatic carbocycles. The molecule has 168 valence electrons. The minimum Gasteiger partial charge on any atom is -0.480 e. The number of carboxylic acid groups (broad SMARTS) is 1. The number of piperidine rings is 1. The molecule has 1 fully saturated rings. The van der Waals surface area contributed by atoms with Crippen LogP contribution in [0.15, 0.2) is 35.3 Å². The summed E-state index contributed by atoms with van der Waals surface area (Å²) in [5.41, 5.74) is -0.731. The van der Waals surface area contributed by atoms with E-state index >= 15 is 0 Å². The first-order valence-electron chi connectivity index (χ1n) is 10.4. The number of carbonyl (C=O) groups excluding carboxylic acids is 1. The van der Waals surface area contributed by atoms with Gasteiger partial charge in [0.15, 0.2) is 11.7 Å². The van der Waals surface area contributed by atoms with Crippen LogP contribution in [0.2, 0.25) is 0 Å². The van der Waals surface area contributed by atoms with E-state index in [1.54, 1.807) is 0 Å². The van der Waals surface area contributed by atoms with Crippen LogP contribution in [0.3, 0.4) is 0 Å². The smallest absolute Gasteiger partial charge is 0.320 e. The van der Waals surface area contributed by atoms with Crippen molar-refractivity contribution in [2.45, 2.75) is 25.8 Å². The minimum atomic E-state index is -1.86. The number of hydrogen-bond acceptors (Lipinski definition) is 5. The molecule has 0 bridgehead atoms. The van der Waals surface area contributed by atoms with Crippen LogP contribution in [0.4, 0.5) is 24.5 Å². The highest BCUT2D eigenvalue weighted by Crippen LogP contribution is 2.37. The molecule has 0 amide bonds. The van der Waals surface area contributed by atoms with Crippen molar-refractivity contribution in [3.05, 3.63) is 58.9 Å². The molecule has 2 aliphatic heterocycles. The van der Waals surface area contributed by atoms with Crippen molar-refractivity contribution in [1.82, 2.24) is 5.32 Å². The van der Waals surface area contributed by atoms with E-state index in [1.807, 2.05) is 11.8 Å². The van der Waals surface area contributed by atoms with Gasteiger partial charge in [-0.3, -0.25) is 14.6 Å². The predicted molar refractivity (Wildman–Crippen MR) is 113 cm³/mol. The van der Waals surface area contributed by atoms with E-state index in [-0.39, 0.29) is 16.9 Å². The fraction of sp³-hybridized carbons (Fsp3) is 0.348. The van der Waals surface area contributed by atoms with Crippen LogP contribution in [0.1, 0.15) is 35.7 Å². The second-order valence-electron chi connectivity index (χ2n) is 7.90. The Kier molecular flexibility index (Phi) is 6.01. The molecular formula is C23H22F3N3O3. The zero-order valence-electron chi connectivity index (χ0n) is 17.4. The van der Waals surface area contributed by atoms with Gasteiger partial charge in [0.1, 0.15) is 17.5 Å². The van der Waals surface area contributed by atoms with Crippen molar-refractivity contribution in [1.29, 1.82) is 0 Å². The van der Waals surface area contributed by atoms with Crippen LogP contribution in [0, 0.1) is 23.4 Å². The van der Waals surface area contributed by atoms with Crippen molar-refractivity contribution in [2.24, 2.45) is 10.9 Å². The summed E-state index contributed by atoms with van der Waals surface area (Å²) < 4.78 is 43.1. The van der Waals surface area contributed by atoms with Crippen LogP contribution in [-0.2, 0) is 4.79 Å². The standard InChI is InChI=1S/C23H22F3N3O3/c1-2-27-13-5-7-29(8-6-13)19-11-18-15(10-17(19)26)22(30)20(23(31)32)21(28-18)14-9-12(24)3-4-16(14)25/h3-4,9-11,13,20,27H,2,5-8H2,1H3,(H,31,32). The first-order chi connectivity index (χ1) is 15.3. The molecule has 4 rings (SSSR count). The average Bonchev–Trinajstić information content (AvgIpc) is 2.76. The molecule has 2 N–H and O–H groups in total. The molecule has 0 aromatic heterocycles. The fourth-order valence-electron chi connectivity index (χ4n) is 4.31. The lowest BCUT2D eigenvalue weighted by molar-refractivity contribution is -0.137. The second kappa shape index (κ2) is 8.74. The number of aliphatic imine (C=N–C) groups is 1. The van der Waals surface area contributed by atoms with E-state index in [1.165, 1.54) is 6.07 Å². The molecule has 9 heteroatoms. The molecule has 0 radical (unpaired) electrons. The second-order valence-corrected chi connectivity index (χ2v) is 7.90. The predicted octanol–water partition coefficient (Wildman–Crippen LogP) is 3.70. The van der Waals surface area contributed by atoms with Crippen molar-refractivity contribution < 1.29 is 27.9 Å². The summed E-state index contributed by atoms with van der Waals surface area (Å²) in [5, 5.41) is 13.0. The number of ketones is 1. The molecule has 0 saturated carbocycles. The topological polar surface area (TPSA) is 82.0 Å². The number of anilines is 1. The lowest BCUT2D eigenvalue weighted by Crippen LogP contribution is -2.42. The number of benzene rings is 2. The summed E-state index contributed by atoms with van der Waals surface area (Å²) in [5.74, 6) is -6.70. The van der Waals surface area contributed by atoms with E-state index in [0.717, 1.165) is 43.7 Å². The van der Waals surface area contributed by atoms with E-state index in [0.29, 0.717) is 19.1 Å². The molecular weight excluding hydrogens is 423 g/mol. The number of nitrogens with one attached hydrogen (secondary N) is 1. The van der Waals surface area contributed by atoms with Gasteiger partial charge in [-0.1, -0.05) is 6.92 Å². The largest absolute Gasteiger partial charge is 0.480 e. The van der Waals surface area contributed by atoms with Crippen LogP contribution in [0.5, 0.6) is 0 Å². The summed E-state index contributed by atoms with van der Waals surface area (Å²) in [6, 6.07) is 5.25. The number of carbonyl (C=O) groups is 2. The molecule has 2 aliphatic rings. The Balaban J connectivity index is 1.77. The highest BCUT2D eigenvalue weighted by molar-refractivity contribution is 6.31. The zero-order chi connectivity index (χ0) is 23.0. The van der Waals surface area contributed by atoms with Gasteiger partial charge in [-0.2, -0.15) is 0 Å². The fourth-order valence-corrected chi connectivity index (χ4v) is 4.31. The van der Waals surface area contributed by atoms with E-state index < -0.39 is 46.4 Å². The first kappa shape index (κ1) is 22.0. The van der Waals surface area contributed by atoms with Gasteiger partial charge < -0.3 is 15.3 Å². The van der Waals surface area contributed by atoms with Crippen LogP contribution >= 0.6 is 0 Å². The third-order valence-corrected chi connectivity index (χ3v) is 5.89. The number of Topliss-reactive ketones (excluding diaryl/α,β-unsaturated/α-hetero) is 1. The molecule has 0 spiro atoms. The molecule has 1 unspecified atom stereocenters. The molecule has 6 nitrogen and oxygen atoms in total. The highest BCUT2D eigenvalue weighted by Gasteiger charge is 2.40. The number of rotatable bonds is 5. The van der Waals surface area contributed by atoms with Crippen molar-refractivity contribution in [3.63, 3.8) is 0 Å². The van der Waals surface area contributed by atoms with Gasteiger partial charge in [-0.25, -0.2) is 13.2 Å². The van der Waals surface area contributed by atoms with Gasteiger partial charge in [0.2, 0.25) is 0 Å². The molecule has 2 heterocycles. The summed E-state index contributed by atoms with van der Waals surface area (Å²) in [7, 11) is 0. The quantitative estimate of drug-likeness (QED) is 0.686. The Labute approximate surface area is 182 Å². The van der Waals surface area contributed by atoms with Gasteiger partial charge in [0.05, 0.1) is 17.1 Å². The zero-order valence-corrected chi connectivity index (χ0v) is 17.4. The summed E-state index contributed by atoms with van der Waals surface area (Å²) >= 11 is 0. The van der Waals surface area contributed by atoms with Gasteiger partial charge in [0.25, 0.3) is 0 Å². The number of nitrogens with zero attached hydrogens (tertiary/aromatic N) is 2. The average molecular weight is 445 g/mol. The van der Waals surface area contributed by atoms with E-state index in [9.17, 15) is 27.9 Å². The Morgan fingerprint density at radius 1 is 1.12 bits per heavy atom. The summed E-state index contributed by atoms with van der Waals surface area (Å²) in [4.78, 5) is 30.8. The molecule has 0 aliphatic carbocycles. The lowest BCUT2D eigenvalue weighted by atomic mass is 9.85. The molecule has 2 aromatic rings. The van der Waals surface area contributed by atoms with Gasteiger partial charge in [-0.15, -0.1) is 0 Å². The van der Waals surface area contributed by atoms with E-state index in [2.05, 4.69) is 10.3 Å². The summed E-state index contributed by atoms with van der Waals surface area (Å²) in [6.07, 6.45) is 1.63. The highest BCUT2D eigenvalue weighted by atomic mass is 19.1. The number of fused-ring (bicyclic) bond motifs is 1. The van der Waals surface area contributed by atoms with Crippen molar-refractivity contribution in [2.75, 3.05) is 24.5 Å². The van der Waals surface area contributed by atoms with E-state index in [4.69, 9.17) is 0 Å². The molecule has 32 heavy (non-hydrogen) atoms. The van der Waals surface area contributed by atoms with Gasteiger partial charge >= 0.3 is 5.97 Å². The third kappa shape index (κ3) is 4.00. The maximum absolute atomic E-state index is 14.9. The minimum absolute atomic E-state index is 0.0383. The normalized spacial score (nSPS) is 19.0. The lowest BCUT2D eigenvalue weighted by Gasteiger charge is -2.34. The van der Waals surface area contributed by atoms with Crippen LogP contribution in [0.25, 0.3) is 0 Å². The molecule has 1 atom stereocenters. The Morgan fingerprint density at radius 3 is 2.50 bits per heavy atom. The van der Waals surface area contributed by atoms with Gasteiger partial charge in [-0.05, 0) is 49.7 Å². The van der Waals surface area contributed by atoms with Gasteiger partial charge in [0, 0.05) is 30.3 Å². The number of carboxylic acids is 1. The monoisotopic (exact) mass is 445 g/mol. The summed E-state index contributed by atoms with van der Waals surface area (Å²) in [6.45, 7) is 4.05. The number of halogens is 3. The Morgan fingerprint density at radius 2 is 1.84 bits per heavy atom. The Bertz CT molecular complexity index is 1110. The molecule has 1 saturated heterocycles. The maximum Gasteiger partial charge on any atom is 0.320 e. The van der Waals surface area contributed by atoms with Crippen LogP contribution in [-0.4, -0.2) is 48.2 Å². The third-order valence-electron chi connectivity index (χ3n) is 5.89. The van der Waals surface area contributed by atoms with Crippen molar-refractivity contribution >= 4 is 28.8 Å². The van der Waals surface area contributed by atoms with Crippen molar-refractivity contribution in [3.8, 4) is 0 Å².